The molecule has 0 aliphatic heterocycles. The summed E-state index contributed by atoms with van der Waals surface area (Å²) in [5, 5.41) is 11.7. The van der Waals surface area contributed by atoms with E-state index in [1.54, 1.807) is 12.1 Å². The smallest absolute Gasteiger partial charge is 0.289 e. The number of non-ortho nitro benzene ring substituents is 1. The first-order valence-corrected chi connectivity index (χ1v) is 11.4. The van der Waals surface area contributed by atoms with Gasteiger partial charge in [-0.3, -0.25) is 14.9 Å². The Kier molecular flexibility index (Phi) is 5.53. The standard InChI is InChI=1S/C22H21N3O3S2/c1-4-9-24-17-7-5-14(13(2)3)11-19(17)30-22(24)23-21(26)20-12-15-10-16(25(27)28)6-8-18(15)29-20/h5-8,10-13H,4,9H2,1-3H3. The number of carbonyl (C=O) groups is 1. The lowest BCUT2D eigenvalue weighted by molar-refractivity contribution is -0.384. The Hall–Kier alpha value is -2.84. The van der Waals surface area contributed by atoms with E-state index in [2.05, 4.69) is 48.5 Å². The zero-order chi connectivity index (χ0) is 21.4. The molecule has 1 amide bonds. The van der Waals surface area contributed by atoms with Crippen molar-refractivity contribution in [3.63, 3.8) is 0 Å². The summed E-state index contributed by atoms with van der Waals surface area (Å²) in [4.78, 5) is 29.1. The normalized spacial score (nSPS) is 12.3. The van der Waals surface area contributed by atoms with Crippen LogP contribution in [-0.2, 0) is 6.54 Å². The van der Waals surface area contributed by atoms with Crippen molar-refractivity contribution >= 4 is 54.6 Å². The predicted octanol–water partition coefficient (Wildman–Crippen LogP) is 6.10. The molecular weight excluding hydrogens is 418 g/mol. The maximum absolute atomic E-state index is 12.9. The first kappa shape index (κ1) is 20.4. The highest BCUT2D eigenvalue weighted by Gasteiger charge is 2.14. The van der Waals surface area contributed by atoms with Gasteiger partial charge in [-0.15, -0.1) is 11.3 Å². The van der Waals surface area contributed by atoms with E-state index in [4.69, 9.17) is 0 Å². The molecule has 8 heteroatoms. The van der Waals surface area contributed by atoms with Crippen LogP contribution in [-0.4, -0.2) is 15.4 Å². The minimum absolute atomic E-state index is 0.0162. The van der Waals surface area contributed by atoms with E-state index in [1.165, 1.54) is 40.4 Å². The number of aromatic nitrogens is 1. The molecule has 2 heterocycles. The van der Waals surface area contributed by atoms with Gasteiger partial charge in [0.1, 0.15) is 0 Å². The van der Waals surface area contributed by atoms with Crippen molar-refractivity contribution in [2.45, 2.75) is 39.7 Å². The second-order valence-corrected chi connectivity index (χ2v) is 9.52. The zero-order valence-electron chi connectivity index (χ0n) is 16.9. The molecule has 30 heavy (non-hydrogen) atoms. The van der Waals surface area contributed by atoms with Crippen molar-refractivity contribution in [1.29, 1.82) is 0 Å². The molecular formula is C22H21N3O3S2. The molecule has 0 fully saturated rings. The molecule has 0 spiro atoms. The highest BCUT2D eigenvalue weighted by atomic mass is 32.1. The van der Waals surface area contributed by atoms with E-state index in [0.717, 1.165) is 27.9 Å². The fraction of sp³-hybridized carbons (Fsp3) is 0.273. The Bertz CT molecular complexity index is 1340. The van der Waals surface area contributed by atoms with Gasteiger partial charge in [0, 0.05) is 28.8 Å². The van der Waals surface area contributed by atoms with Crippen LogP contribution in [0.1, 0.15) is 48.3 Å². The summed E-state index contributed by atoms with van der Waals surface area (Å²) < 4.78 is 4.05. The lowest BCUT2D eigenvalue weighted by Crippen LogP contribution is -2.16. The zero-order valence-corrected chi connectivity index (χ0v) is 18.5. The van der Waals surface area contributed by atoms with Crippen molar-refractivity contribution < 1.29 is 9.72 Å². The number of thiophene rings is 1. The number of fused-ring (bicyclic) bond motifs is 2. The second-order valence-electron chi connectivity index (χ2n) is 7.42. The maximum atomic E-state index is 12.9. The van der Waals surface area contributed by atoms with Crippen molar-refractivity contribution in [1.82, 2.24) is 4.57 Å². The Morgan fingerprint density at radius 1 is 1.13 bits per heavy atom. The summed E-state index contributed by atoms with van der Waals surface area (Å²) >= 11 is 2.83. The molecule has 0 atom stereocenters. The fourth-order valence-corrected chi connectivity index (χ4v) is 5.40. The van der Waals surface area contributed by atoms with Gasteiger partial charge in [-0.2, -0.15) is 4.99 Å². The van der Waals surface area contributed by atoms with Gasteiger partial charge in [-0.25, -0.2) is 0 Å². The maximum Gasteiger partial charge on any atom is 0.289 e. The van der Waals surface area contributed by atoms with Gasteiger partial charge >= 0.3 is 0 Å². The number of rotatable bonds is 5. The Balaban J connectivity index is 1.79. The van der Waals surface area contributed by atoms with Gasteiger partial charge in [0.15, 0.2) is 4.80 Å². The summed E-state index contributed by atoms with van der Waals surface area (Å²) in [7, 11) is 0. The molecule has 0 radical (unpaired) electrons. The Morgan fingerprint density at radius 3 is 2.63 bits per heavy atom. The van der Waals surface area contributed by atoms with Gasteiger partial charge in [0.05, 0.1) is 20.0 Å². The summed E-state index contributed by atoms with van der Waals surface area (Å²) in [6, 6.07) is 12.7. The molecule has 0 saturated heterocycles. The lowest BCUT2D eigenvalue weighted by Gasteiger charge is -2.06. The summed E-state index contributed by atoms with van der Waals surface area (Å²) in [5.74, 6) is 0.111. The molecule has 2 aromatic heterocycles. The SMILES string of the molecule is CCCn1c(=NC(=O)c2cc3cc([N+](=O)[O-])ccc3s2)sc2cc(C(C)C)ccc21. The molecule has 154 valence electrons. The van der Waals surface area contributed by atoms with Crippen molar-refractivity contribution in [2.24, 2.45) is 4.99 Å². The first-order valence-electron chi connectivity index (χ1n) is 9.77. The quantitative estimate of drug-likeness (QED) is 0.278. The van der Waals surface area contributed by atoms with Crippen LogP contribution in [0.4, 0.5) is 5.69 Å². The molecule has 0 aliphatic carbocycles. The largest absolute Gasteiger partial charge is 0.316 e. The molecule has 4 rings (SSSR count). The number of aryl methyl sites for hydroxylation is 1. The summed E-state index contributed by atoms with van der Waals surface area (Å²) in [6.07, 6.45) is 0.936. The second kappa shape index (κ2) is 8.12. The Morgan fingerprint density at radius 2 is 1.93 bits per heavy atom. The van der Waals surface area contributed by atoms with Crippen LogP contribution >= 0.6 is 22.7 Å². The van der Waals surface area contributed by atoms with E-state index in [1.807, 2.05) is 0 Å². The molecule has 0 N–H and O–H groups in total. The van der Waals surface area contributed by atoms with E-state index in [-0.39, 0.29) is 11.6 Å². The number of benzene rings is 2. The van der Waals surface area contributed by atoms with Crippen LogP contribution in [0.3, 0.4) is 0 Å². The number of hydrogen-bond donors (Lipinski definition) is 0. The number of amides is 1. The highest BCUT2D eigenvalue weighted by molar-refractivity contribution is 7.21. The molecule has 0 bridgehead atoms. The number of thiazole rings is 1. The number of carbonyl (C=O) groups excluding carboxylic acids is 1. The third kappa shape index (κ3) is 3.80. The molecule has 2 aromatic carbocycles. The average molecular weight is 440 g/mol. The van der Waals surface area contributed by atoms with E-state index in [9.17, 15) is 14.9 Å². The fourth-order valence-electron chi connectivity index (χ4n) is 3.37. The van der Waals surface area contributed by atoms with Crippen LogP contribution in [0.5, 0.6) is 0 Å². The molecule has 0 aliphatic rings. The van der Waals surface area contributed by atoms with Crippen LogP contribution in [0.2, 0.25) is 0 Å². The van der Waals surface area contributed by atoms with E-state index < -0.39 is 4.92 Å². The van der Waals surface area contributed by atoms with Crippen molar-refractivity contribution in [3.8, 4) is 0 Å². The highest BCUT2D eigenvalue weighted by Crippen LogP contribution is 2.29. The molecule has 4 aromatic rings. The minimum Gasteiger partial charge on any atom is -0.316 e. The summed E-state index contributed by atoms with van der Waals surface area (Å²) in [5.41, 5.74) is 2.36. The average Bonchev–Trinajstić information content (AvgIpc) is 3.28. The summed E-state index contributed by atoms with van der Waals surface area (Å²) in [6.45, 7) is 7.21. The van der Waals surface area contributed by atoms with Crippen LogP contribution in [0.15, 0.2) is 47.5 Å². The third-order valence-electron chi connectivity index (χ3n) is 4.94. The number of nitro groups is 1. The monoisotopic (exact) mass is 439 g/mol. The topological polar surface area (TPSA) is 77.5 Å². The van der Waals surface area contributed by atoms with Gasteiger partial charge in [-0.1, -0.05) is 38.2 Å². The Labute approximate surface area is 181 Å². The van der Waals surface area contributed by atoms with Gasteiger partial charge in [0.25, 0.3) is 11.6 Å². The number of nitrogens with zero attached hydrogens (tertiary/aromatic N) is 3. The van der Waals surface area contributed by atoms with E-state index in [0.29, 0.717) is 21.0 Å². The first-order chi connectivity index (χ1) is 14.4. The van der Waals surface area contributed by atoms with Gasteiger partial charge in [0.2, 0.25) is 0 Å². The minimum atomic E-state index is -0.431. The molecule has 0 saturated carbocycles. The lowest BCUT2D eigenvalue weighted by atomic mass is 10.0. The van der Waals surface area contributed by atoms with Crippen molar-refractivity contribution in [2.75, 3.05) is 0 Å². The molecule has 6 nitrogen and oxygen atoms in total. The predicted molar refractivity (Wildman–Crippen MR) is 123 cm³/mol. The van der Waals surface area contributed by atoms with Crippen LogP contribution in [0, 0.1) is 10.1 Å². The van der Waals surface area contributed by atoms with Crippen LogP contribution in [0.25, 0.3) is 20.3 Å². The molecule has 0 unspecified atom stereocenters. The van der Waals surface area contributed by atoms with Crippen LogP contribution < -0.4 is 4.80 Å². The number of nitro benzene ring substituents is 1. The van der Waals surface area contributed by atoms with Crippen molar-refractivity contribution in [3.05, 3.63) is 67.8 Å². The van der Waals surface area contributed by atoms with E-state index >= 15 is 0 Å². The van der Waals surface area contributed by atoms with Gasteiger partial charge < -0.3 is 4.57 Å². The third-order valence-corrected chi connectivity index (χ3v) is 7.08. The van der Waals surface area contributed by atoms with Gasteiger partial charge in [-0.05, 0) is 42.2 Å². The number of hydrogen-bond acceptors (Lipinski definition) is 5.